The highest BCUT2D eigenvalue weighted by atomic mass is 16.3. The van der Waals surface area contributed by atoms with Crippen molar-refractivity contribution < 1.29 is 5.11 Å². The molecule has 0 bridgehead atoms. The summed E-state index contributed by atoms with van der Waals surface area (Å²) in [5, 5.41) is 13.3. The number of hydrogen-bond donors (Lipinski definition) is 2. The van der Waals surface area contributed by atoms with Crippen molar-refractivity contribution in [2.24, 2.45) is 0 Å². The lowest BCUT2D eigenvalue weighted by atomic mass is 10.1. The fourth-order valence-electron chi connectivity index (χ4n) is 2.00. The second kappa shape index (κ2) is 6.92. The maximum atomic E-state index is 9.93. The van der Waals surface area contributed by atoms with E-state index in [0.29, 0.717) is 12.6 Å². The molecule has 3 nitrogen and oxygen atoms in total. The van der Waals surface area contributed by atoms with E-state index in [2.05, 4.69) is 55.3 Å². The molecule has 0 aliphatic rings. The Morgan fingerprint density at radius 1 is 1.21 bits per heavy atom. The van der Waals surface area contributed by atoms with Crippen LogP contribution in [0.4, 0.5) is 5.69 Å². The average Bonchev–Trinajstić information content (AvgIpc) is 2.33. The topological polar surface area (TPSA) is 35.5 Å². The first-order valence-corrected chi connectivity index (χ1v) is 7.11. The van der Waals surface area contributed by atoms with Crippen LogP contribution in [0.2, 0.25) is 0 Å². The molecule has 0 aliphatic carbocycles. The third-order valence-corrected chi connectivity index (χ3v) is 2.98. The molecule has 0 amide bonds. The van der Waals surface area contributed by atoms with E-state index in [1.54, 1.807) is 0 Å². The fourth-order valence-corrected chi connectivity index (χ4v) is 2.00. The Hall–Kier alpha value is -1.06. The van der Waals surface area contributed by atoms with Crippen molar-refractivity contribution in [3.8, 4) is 0 Å². The lowest BCUT2D eigenvalue weighted by molar-refractivity contribution is 0.0876. The summed E-state index contributed by atoms with van der Waals surface area (Å²) in [5.74, 6) is 0. The van der Waals surface area contributed by atoms with Crippen LogP contribution >= 0.6 is 0 Å². The Morgan fingerprint density at radius 2 is 1.79 bits per heavy atom. The van der Waals surface area contributed by atoms with E-state index in [1.807, 2.05) is 13.8 Å². The summed E-state index contributed by atoms with van der Waals surface area (Å²) in [4.78, 5) is 2.19. The molecule has 0 radical (unpaired) electrons. The van der Waals surface area contributed by atoms with Crippen LogP contribution in [0.1, 0.15) is 40.2 Å². The van der Waals surface area contributed by atoms with Gasteiger partial charge in [0.15, 0.2) is 0 Å². The molecule has 0 fully saturated rings. The molecule has 1 aromatic rings. The largest absolute Gasteiger partial charge is 0.389 e. The standard InChI is InChI=1S/C16H28N2O/c1-6-18(12-16(4,5)19)15-9-7-14(8-10-15)11-17-13(2)3/h7-10,13,17,19H,6,11-12H2,1-5H3. The van der Waals surface area contributed by atoms with Crippen LogP contribution in [-0.2, 0) is 6.54 Å². The normalized spacial score (nSPS) is 11.9. The summed E-state index contributed by atoms with van der Waals surface area (Å²) in [6.45, 7) is 12.5. The summed E-state index contributed by atoms with van der Waals surface area (Å²) in [7, 11) is 0. The quantitative estimate of drug-likeness (QED) is 0.795. The van der Waals surface area contributed by atoms with Gasteiger partial charge in [-0.3, -0.25) is 0 Å². The zero-order valence-corrected chi connectivity index (χ0v) is 12.9. The van der Waals surface area contributed by atoms with E-state index in [4.69, 9.17) is 0 Å². The Morgan fingerprint density at radius 3 is 2.21 bits per heavy atom. The Bertz CT molecular complexity index is 365. The van der Waals surface area contributed by atoms with Crippen LogP contribution < -0.4 is 10.2 Å². The molecule has 0 aliphatic heterocycles. The molecule has 0 heterocycles. The Kier molecular flexibility index (Phi) is 5.83. The lowest BCUT2D eigenvalue weighted by Crippen LogP contribution is -2.38. The molecule has 0 saturated carbocycles. The SMILES string of the molecule is CCN(CC(C)(C)O)c1ccc(CNC(C)C)cc1. The van der Waals surface area contributed by atoms with Crippen molar-refractivity contribution in [3.05, 3.63) is 29.8 Å². The molecule has 0 atom stereocenters. The molecule has 1 rings (SSSR count). The van der Waals surface area contributed by atoms with E-state index in [1.165, 1.54) is 5.56 Å². The molecule has 3 heteroatoms. The van der Waals surface area contributed by atoms with Crippen LogP contribution in [0.25, 0.3) is 0 Å². The van der Waals surface area contributed by atoms with Gasteiger partial charge in [-0.25, -0.2) is 0 Å². The number of likely N-dealkylation sites (N-methyl/N-ethyl adjacent to an activating group) is 1. The highest BCUT2D eigenvalue weighted by Gasteiger charge is 2.17. The monoisotopic (exact) mass is 264 g/mol. The predicted octanol–water partition coefficient (Wildman–Crippen LogP) is 2.78. The minimum Gasteiger partial charge on any atom is -0.389 e. The van der Waals surface area contributed by atoms with Gasteiger partial charge in [-0.15, -0.1) is 0 Å². The first-order valence-electron chi connectivity index (χ1n) is 7.11. The number of nitrogens with one attached hydrogen (secondary N) is 1. The lowest BCUT2D eigenvalue weighted by Gasteiger charge is -2.30. The fraction of sp³-hybridized carbons (Fsp3) is 0.625. The third-order valence-electron chi connectivity index (χ3n) is 2.98. The van der Waals surface area contributed by atoms with E-state index in [-0.39, 0.29) is 0 Å². The number of rotatable bonds is 7. The molecule has 0 aromatic heterocycles. The zero-order chi connectivity index (χ0) is 14.5. The first-order chi connectivity index (χ1) is 8.81. The molecule has 0 unspecified atom stereocenters. The van der Waals surface area contributed by atoms with Gasteiger partial charge in [-0.2, -0.15) is 0 Å². The van der Waals surface area contributed by atoms with Gasteiger partial charge in [0.25, 0.3) is 0 Å². The van der Waals surface area contributed by atoms with Gasteiger partial charge in [0.05, 0.1) is 5.60 Å². The number of anilines is 1. The molecule has 0 spiro atoms. The van der Waals surface area contributed by atoms with E-state index in [9.17, 15) is 5.11 Å². The van der Waals surface area contributed by atoms with Crippen molar-refractivity contribution >= 4 is 5.69 Å². The molecule has 108 valence electrons. The number of nitrogens with zero attached hydrogens (tertiary/aromatic N) is 1. The molecule has 1 aromatic carbocycles. The average molecular weight is 264 g/mol. The van der Waals surface area contributed by atoms with E-state index < -0.39 is 5.60 Å². The molecule has 19 heavy (non-hydrogen) atoms. The van der Waals surface area contributed by atoms with Gasteiger partial charge in [-0.05, 0) is 38.5 Å². The van der Waals surface area contributed by atoms with Crippen LogP contribution in [-0.4, -0.2) is 29.8 Å². The number of hydrogen-bond acceptors (Lipinski definition) is 3. The first kappa shape index (κ1) is 16.0. The summed E-state index contributed by atoms with van der Waals surface area (Å²) >= 11 is 0. The van der Waals surface area contributed by atoms with Gasteiger partial charge in [0, 0.05) is 31.4 Å². The Labute approximate surface area is 117 Å². The third kappa shape index (κ3) is 6.08. The number of benzene rings is 1. The maximum absolute atomic E-state index is 9.93. The van der Waals surface area contributed by atoms with Crippen molar-refractivity contribution in [2.75, 3.05) is 18.0 Å². The van der Waals surface area contributed by atoms with E-state index in [0.717, 1.165) is 18.8 Å². The smallest absolute Gasteiger partial charge is 0.0765 e. The minimum atomic E-state index is -0.673. The maximum Gasteiger partial charge on any atom is 0.0765 e. The second-order valence-corrected chi connectivity index (χ2v) is 6.03. The van der Waals surface area contributed by atoms with Gasteiger partial charge in [0.2, 0.25) is 0 Å². The zero-order valence-electron chi connectivity index (χ0n) is 12.9. The van der Waals surface area contributed by atoms with Crippen LogP contribution in [0.5, 0.6) is 0 Å². The van der Waals surface area contributed by atoms with Crippen LogP contribution in [0.3, 0.4) is 0 Å². The van der Waals surface area contributed by atoms with E-state index >= 15 is 0 Å². The summed E-state index contributed by atoms with van der Waals surface area (Å²) in [5.41, 5.74) is 1.78. The van der Waals surface area contributed by atoms with Crippen molar-refractivity contribution in [3.63, 3.8) is 0 Å². The van der Waals surface area contributed by atoms with Gasteiger partial charge in [-0.1, -0.05) is 26.0 Å². The van der Waals surface area contributed by atoms with Crippen LogP contribution in [0.15, 0.2) is 24.3 Å². The predicted molar refractivity (Wildman–Crippen MR) is 82.6 cm³/mol. The minimum absolute atomic E-state index is 0.502. The molecule has 0 saturated heterocycles. The summed E-state index contributed by atoms with van der Waals surface area (Å²) < 4.78 is 0. The summed E-state index contributed by atoms with van der Waals surface area (Å²) in [6, 6.07) is 9.07. The highest BCUT2D eigenvalue weighted by molar-refractivity contribution is 5.47. The van der Waals surface area contributed by atoms with Gasteiger partial charge >= 0.3 is 0 Å². The molecular formula is C16H28N2O. The summed E-state index contributed by atoms with van der Waals surface area (Å²) in [6.07, 6.45) is 0. The molecular weight excluding hydrogens is 236 g/mol. The van der Waals surface area contributed by atoms with Crippen molar-refractivity contribution in [1.82, 2.24) is 5.32 Å². The van der Waals surface area contributed by atoms with Gasteiger partial charge in [0.1, 0.15) is 0 Å². The van der Waals surface area contributed by atoms with Gasteiger partial charge < -0.3 is 15.3 Å². The van der Waals surface area contributed by atoms with Crippen molar-refractivity contribution in [1.29, 1.82) is 0 Å². The van der Waals surface area contributed by atoms with Crippen molar-refractivity contribution in [2.45, 2.75) is 52.8 Å². The molecule has 2 N–H and O–H groups in total. The van der Waals surface area contributed by atoms with Crippen LogP contribution in [0, 0.1) is 0 Å². The second-order valence-electron chi connectivity index (χ2n) is 6.03. The highest BCUT2D eigenvalue weighted by Crippen LogP contribution is 2.18. The number of aliphatic hydroxyl groups is 1. The Balaban J connectivity index is 2.68.